The number of ether oxygens (including phenoxy) is 1. The minimum Gasteiger partial charge on any atom is -0.467 e. The van der Waals surface area contributed by atoms with Gasteiger partial charge < -0.3 is 9.72 Å². The van der Waals surface area contributed by atoms with E-state index in [1.165, 1.54) is 30.3 Å². The molecule has 0 saturated carbocycles. The standard InChI is InChI=1S/C16H16Cl2N4O4S/c1-16(2,15(23)26-3)22-8-9(6-20-22)27(24,25)21-12-5-4-10(17)13-11(18)7-19-14(12)13/h4-8,19,21H,1-3H3. The largest absolute Gasteiger partial charge is 0.467 e. The van der Waals surface area contributed by atoms with Crippen LogP contribution < -0.4 is 4.72 Å². The SMILES string of the molecule is COC(=O)C(C)(C)n1cc(S(=O)(=O)Nc2ccc(Cl)c3c(Cl)c[nH]c23)cn1. The quantitative estimate of drug-likeness (QED) is 0.603. The topological polar surface area (TPSA) is 106 Å². The lowest BCUT2D eigenvalue weighted by Gasteiger charge is -2.21. The van der Waals surface area contributed by atoms with E-state index in [1.54, 1.807) is 19.9 Å². The van der Waals surface area contributed by atoms with Gasteiger partial charge in [-0.05, 0) is 26.0 Å². The van der Waals surface area contributed by atoms with E-state index in [0.29, 0.717) is 20.9 Å². The van der Waals surface area contributed by atoms with Crippen LogP contribution in [0, 0.1) is 0 Å². The molecular formula is C16H16Cl2N4O4S. The predicted molar refractivity (Wildman–Crippen MR) is 103 cm³/mol. The van der Waals surface area contributed by atoms with E-state index < -0.39 is 21.5 Å². The summed E-state index contributed by atoms with van der Waals surface area (Å²) in [5, 5.41) is 5.28. The van der Waals surface area contributed by atoms with Gasteiger partial charge in [0.2, 0.25) is 0 Å². The monoisotopic (exact) mass is 430 g/mol. The number of hydrogen-bond acceptors (Lipinski definition) is 5. The van der Waals surface area contributed by atoms with Crippen molar-refractivity contribution >= 4 is 55.8 Å². The molecule has 3 rings (SSSR count). The lowest BCUT2D eigenvalue weighted by Crippen LogP contribution is -2.37. The first kappa shape index (κ1) is 19.5. The molecule has 8 nitrogen and oxygen atoms in total. The van der Waals surface area contributed by atoms with Gasteiger partial charge in [0.1, 0.15) is 4.90 Å². The van der Waals surface area contributed by atoms with E-state index in [9.17, 15) is 13.2 Å². The summed E-state index contributed by atoms with van der Waals surface area (Å²) in [7, 11) is -2.72. The third-order valence-corrected chi connectivity index (χ3v) is 6.04. The summed E-state index contributed by atoms with van der Waals surface area (Å²) in [5.74, 6) is -0.553. The summed E-state index contributed by atoms with van der Waals surface area (Å²) in [6.07, 6.45) is 3.93. The summed E-state index contributed by atoms with van der Waals surface area (Å²) in [6, 6.07) is 3.07. The molecule has 0 bridgehead atoms. The molecule has 2 aromatic heterocycles. The number of nitrogens with zero attached hydrogens (tertiary/aromatic N) is 2. The average molecular weight is 431 g/mol. The van der Waals surface area contributed by atoms with Gasteiger partial charge in [0.25, 0.3) is 10.0 Å². The van der Waals surface area contributed by atoms with Gasteiger partial charge in [-0.15, -0.1) is 0 Å². The van der Waals surface area contributed by atoms with Gasteiger partial charge in [0, 0.05) is 17.8 Å². The third-order valence-electron chi connectivity index (χ3n) is 4.11. The zero-order valence-corrected chi connectivity index (χ0v) is 16.9. The molecule has 0 fully saturated rings. The van der Waals surface area contributed by atoms with Crippen molar-refractivity contribution in [3.05, 3.63) is 40.8 Å². The van der Waals surface area contributed by atoms with Crippen molar-refractivity contribution in [1.29, 1.82) is 0 Å². The van der Waals surface area contributed by atoms with Crippen molar-refractivity contribution in [3.63, 3.8) is 0 Å². The van der Waals surface area contributed by atoms with Crippen LogP contribution in [0.4, 0.5) is 5.69 Å². The van der Waals surface area contributed by atoms with E-state index in [2.05, 4.69) is 14.8 Å². The van der Waals surface area contributed by atoms with Crippen LogP contribution in [0.25, 0.3) is 10.9 Å². The molecule has 0 radical (unpaired) electrons. The Balaban J connectivity index is 1.98. The van der Waals surface area contributed by atoms with Crippen LogP contribution in [0.15, 0.2) is 35.6 Å². The third kappa shape index (κ3) is 3.38. The number of halogens is 2. The van der Waals surface area contributed by atoms with Crippen molar-refractivity contribution in [2.45, 2.75) is 24.3 Å². The molecular weight excluding hydrogens is 415 g/mol. The molecule has 3 aromatic rings. The van der Waals surface area contributed by atoms with E-state index in [-0.39, 0.29) is 10.6 Å². The van der Waals surface area contributed by atoms with Crippen LogP contribution >= 0.6 is 23.2 Å². The Kier molecular flexibility index (Phi) is 4.87. The maximum atomic E-state index is 12.8. The summed E-state index contributed by atoms with van der Waals surface area (Å²) >= 11 is 12.2. The van der Waals surface area contributed by atoms with Crippen LogP contribution in [0.2, 0.25) is 10.0 Å². The fraction of sp³-hybridized carbons (Fsp3) is 0.250. The van der Waals surface area contributed by atoms with Crippen molar-refractivity contribution in [2.75, 3.05) is 11.8 Å². The molecule has 0 amide bonds. The first-order valence-corrected chi connectivity index (χ1v) is 9.93. The van der Waals surface area contributed by atoms with Gasteiger partial charge in [0.15, 0.2) is 5.54 Å². The average Bonchev–Trinajstić information content (AvgIpc) is 3.25. The molecule has 0 aliphatic heterocycles. The molecule has 2 heterocycles. The molecule has 27 heavy (non-hydrogen) atoms. The number of fused-ring (bicyclic) bond motifs is 1. The normalized spacial score (nSPS) is 12.3. The molecule has 0 atom stereocenters. The second-order valence-corrected chi connectivity index (χ2v) is 8.76. The van der Waals surface area contributed by atoms with Crippen molar-refractivity contribution in [3.8, 4) is 0 Å². The molecule has 11 heteroatoms. The zero-order valence-electron chi connectivity index (χ0n) is 14.6. The maximum absolute atomic E-state index is 12.8. The number of anilines is 1. The molecule has 0 saturated heterocycles. The molecule has 0 aliphatic carbocycles. The number of aromatic nitrogens is 3. The molecule has 2 N–H and O–H groups in total. The molecule has 0 spiro atoms. The lowest BCUT2D eigenvalue weighted by molar-refractivity contribution is -0.150. The Morgan fingerprint density at radius 1 is 1.30 bits per heavy atom. The van der Waals surface area contributed by atoms with Crippen molar-refractivity contribution in [2.24, 2.45) is 0 Å². The van der Waals surface area contributed by atoms with Gasteiger partial charge in [-0.3, -0.25) is 9.40 Å². The first-order chi connectivity index (χ1) is 12.6. The van der Waals surface area contributed by atoms with Crippen molar-refractivity contribution in [1.82, 2.24) is 14.8 Å². The van der Waals surface area contributed by atoms with Gasteiger partial charge >= 0.3 is 5.97 Å². The van der Waals surface area contributed by atoms with Gasteiger partial charge in [0.05, 0.1) is 34.6 Å². The molecule has 0 unspecified atom stereocenters. The Morgan fingerprint density at radius 2 is 2.00 bits per heavy atom. The number of aromatic amines is 1. The number of H-pyrrole nitrogens is 1. The summed E-state index contributed by atoms with van der Waals surface area (Å²) in [4.78, 5) is 14.7. The smallest absolute Gasteiger partial charge is 0.333 e. The maximum Gasteiger partial charge on any atom is 0.333 e. The zero-order chi connectivity index (χ0) is 20.0. The van der Waals surface area contributed by atoms with Crippen LogP contribution in [-0.4, -0.2) is 36.3 Å². The summed E-state index contributed by atoms with van der Waals surface area (Å²) < 4.78 is 34.0. The Bertz CT molecular complexity index is 1130. The minimum atomic E-state index is -3.97. The lowest BCUT2D eigenvalue weighted by atomic mass is 10.1. The highest BCUT2D eigenvalue weighted by molar-refractivity contribution is 7.92. The van der Waals surface area contributed by atoms with Crippen LogP contribution in [0.3, 0.4) is 0 Å². The first-order valence-electron chi connectivity index (χ1n) is 7.69. The number of nitrogens with one attached hydrogen (secondary N) is 2. The van der Waals surface area contributed by atoms with E-state index in [1.807, 2.05) is 0 Å². The van der Waals surface area contributed by atoms with E-state index >= 15 is 0 Å². The fourth-order valence-electron chi connectivity index (χ4n) is 2.55. The Morgan fingerprint density at radius 3 is 2.67 bits per heavy atom. The summed E-state index contributed by atoms with van der Waals surface area (Å²) in [6.45, 7) is 3.14. The molecule has 0 aliphatic rings. The number of benzene rings is 1. The van der Waals surface area contributed by atoms with Crippen LogP contribution in [-0.2, 0) is 25.1 Å². The summed E-state index contributed by atoms with van der Waals surface area (Å²) in [5.41, 5.74) is -0.428. The predicted octanol–water partition coefficient (Wildman–Crippen LogP) is 3.38. The number of sulfonamides is 1. The highest BCUT2D eigenvalue weighted by Crippen LogP contribution is 2.35. The number of esters is 1. The van der Waals surface area contributed by atoms with Gasteiger partial charge in [-0.2, -0.15) is 5.10 Å². The minimum absolute atomic E-state index is 0.111. The number of carbonyl (C=O) groups is 1. The second kappa shape index (κ2) is 6.74. The fourth-order valence-corrected chi connectivity index (χ4v) is 4.11. The van der Waals surface area contributed by atoms with E-state index in [0.717, 1.165) is 6.20 Å². The number of rotatable bonds is 5. The van der Waals surface area contributed by atoms with E-state index in [4.69, 9.17) is 27.9 Å². The highest BCUT2D eigenvalue weighted by atomic mass is 35.5. The molecule has 144 valence electrons. The van der Waals surface area contributed by atoms with Crippen LogP contribution in [0.1, 0.15) is 13.8 Å². The van der Waals surface area contributed by atoms with Gasteiger partial charge in [-0.1, -0.05) is 23.2 Å². The number of methoxy groups -OCH3 is 1. The van der Waals surface area contributed by atoms with Crippen LogP contribution in [0.5, 0.6) is 0 Å². The number of hydrogen-bond donors (Lipinski definition) is 2. The van der Waals surface area contributed by atoms with Gasteiger partial charge in [-0.25, -0.2) is 13.2 Å². The number of carbonyl (C=O) groups excluding carboxylic acids is 1. The second-order valence-electron chi connectivity index (χ2n) is 6.26. The Labute approximate surface area is 165 Å². The van der Waals surface area contributed by atoms with Crippen molar-refractivity contribution < 1.29 is 17.9 Å². The molecule has 1 aromatic carbocycles. The Hall–Kier alpha value is -2.23. The highest BCUT2D eigenvalue weighted by Gasteiger charge is 2.33.